The van der Waals surface area contributed by atoms with E-state index in [0.29, 0.717) is 11.3 Å². The lowest BCUT2D eigenvalue weighted by Crippen LogP contribution is -2.31. The Labute approximate surface area is 182 Å². The number of amides is 2. The Kier molecular flexibility index (Phi) is 6.43. The third kappa shape index (κ3) is 5.58. The fraction of sp³-hybridized carbons (Fsp3) is 0.231. The van der Waals surface area contributed by atoms with E-state index in [-0.39, 0.29) is 30.4 Å². The molecule has 0 heterocycles. The maximum absolute atomic E-state index is 12.5. The molecule has 1 saturated carbocycles. The molecule has 3 N–H and O–H groups in total. The highest BCUT2D eigenvalue weighted by Crippen LogP contribution is 2.23. The number of benzene rings is 3. The molecule has 0 radical (unpaired) electrons. The first-order chi connectivity index (χ1) is 15.1. The number of anilines is 1. The van der Waals surface area contributed by atoms with Gasteiger partial charge in [-0.05, 0) is 48.6 Å². The number of para-hydroxylation sites is 1. The van der Waals surface area contributed by atoms with Crippen LogP contribution in [0.4, 0.5) is 5.69 Å². The fourth-order valence-corrected chi connectivity index (χ4v) is 3.43. The molecule has 0 spiro atoms. The SMILES string of the molecule is C[C@H](NCC(=O)Nc1ccccc1C(=O)NC1CC1)c1ccc(-c2ccccc2)cc1. The van der Waals surface area contributed by atoms with Gasteiger partial charge in [0.1, 0.15) is 0 Å². The van der Waals surface area contributed by atoms with E-state index in [2.05, 4.69) is 52.3 Å². The molecule has 0 bridgehead atoms. The molecule has 0 saturated heterocycles. The quantitative estimate of drug-likeness (QED) is 0.508. The lowest BCUT2D eigenvalue weighted by atomic mass is 10.0. The van der Waals surface area contributed by atoms with Crippen LogP contribution in [0.2, 0.25) is 0 Å². The van der Waals surface area contributed by atoms with Crippen LogP contribution < -0.4 is 16.0 Å². The van der Waals surface area contributed by atoms with Crippen LogP contribution >= 0.6 is 0 Å². The summed E-state index contributed by atoms with van der Waals surface area (Å²) in [6.07, 6.45) is 2.04. The van der Waals surface area contributed by atoms with E-state index in [1.165, 1.54) is 5.56 Å². The van der Waals surface area contributed by atoms with Crippen molar-refractivity contribution in [2.45, 2.75) is 31.8 Å². The first kappa shape index (κ1) is 20.8. The fourth-order valence-electron chi connectivity index (χ4n) is 3.43. The molecule has 1 fully saturated rings. The van der Waals surface area contributed by atoms with E-state index >= 15 is 0 Å². The summed E-state index contributed by atoms with van der Waals surface area (Å²) in [6, 6.07) is 26.0. The van der Waals surface area contributed by atoms with Gasteiger partial charge in [-0.25, -0.2) is 0 Å². The molecule has 0 unspecified atom stereocenters. The predicted octanol–water partition coefficient (Wildman–Crippen LogP) is 4.54. The second-order valence-corrected chi connectivity index (χ2v) is 7.93. The van der Waals surface area contributed by atoms with Gasteiger partial charge in [0, 0.05) is 12.1 Å². The molecular formula is C26H27N3O2. The van der Waals surface area contributed by atoms with Gasteiger partial charge in [0.05, 0.1) is 17.8 Å². The van der Waals surface area contributed by atoms with E-state index in [1.807, 2.05) is 31.2 Å². The van der Waals surface area contributed by atoms with Crippen LogP contribution in [-0.4, -0.2) is 24.4 Å². The van der Waals surface area contributed by atoms with Crippen LogP contribution in [0.1, 0.15) is 41.7 Å². The third-order valence-electron chi connectivity index (χ3n) is 5.44. The maximum Gasteiger partial charge on any atom is 0.253 e. The lowest BCUT2D eigenvalue weighted by molar-refractivity contribution is -0.115. The molecule has 5 heteroatoms. The molecule has 3 aromatic carbocycles. The van der Waals surface area contributed by atoms with Gasteiger partial charge in [-0.3, -0.25) is 9.59 Å². The van der Waals surface area contributed by atoms with Crippen molar-refractivity contribution in [2.75, 3.05) is 11.9 Å². The highest BCUT2D eigenvalue weighted by Gasteiger charge is 2.25. The monoisotopic (exact) mass is 413 g/mol. The molecule has 3 aromatic rings. The molecule has 31 heavy (non-hydrogen) atoms. The van der Waals surface area contributed by atoms with Crippen molar-refractivity contribution in [2.24, 2.45) is 0 Å². The lowest BCUT2D eigenvalue weighted by Gasteiger charge is -2.16. The van der Waals surface area contributed by atoms with Crippen molar-refractivity contribution in [1.82, 2.24) is 10.6 Å². The van der Waals surface area contributed by atoms with Gasteiger partial charge >= 0.3 is 0 Å². The minimum atomic E-state index is -0.181. The van der Waals surface area contributed by atoms with Crippen LogP contribution in [0.5, 0.6) is 0 Å². The van der Waals surface area contributed by atoms with Crippen LogP contribution in [0.15, 0.2) is 78.9 Å². The summed E-state index contributed by atoms with van der Waals surface area (Å²) in [5, 5.41) is 9.08. The number of rotatable bonds is 8. The minimum absolute atomic E-state index is 0.0176. The Hall–Kier alpha value is -3.44. The van der Waals surface area contributed by atoms with Crippen molar-refractivity contribution >= 4 is 17.5 Å². The molecule has 158 valence electrons. The Morgan fingerprint density at radius 2 is 1.52 bits per heavy atom. The average molecular weight is 414 g/mol. The van der Waals surface area contributed by atoms with Gasteiger partial charge in [-0.15, -0.1) is 0 Å². The Bertz CT molecular complexity index is 1040. The topological polar surface area (TPSA) is 70.2 Å². The molecule has 4 rings (SSSR count). The van der Waals surface area contributed by atoms with Crippen molar-refractivity contribution < 1.29 is 9.59 Å². The van der Waals surface area contributed by atoms with Gasteiger partial charge in [0.15, 0.2) is 0 Å². The maximum atomic E-state index is 12.5. The molecule has 0 aromatic heterocycles. The first-order valence-electron chi connectivity index (χ1n) is 10.7. The van der Waals surface area contributed by atoms with Gasteiger partial charge in [0.2, 0.25) is 5.91 Å². The van der Waals surface area contributed by atoms with Crippen molar-refractivity contribution in [3.8, 4) is 11.1 Å². The van der Waals surface area contributed by atoms with Crippen LogP contribution in [0, 0.1) is 0 Å². The second-order valence-electron chi connectivity index (χ2n) is 7.93. The molecule has 1 aliphatic carbocycles. The Balaban J connectivity index is 1.32. The van der Waals surface area contributed by atoms with Gasteiger partial charge in [-0.1, -0.05) is 66.7 Å². The highest BCUT2D eigenvalue weighted by molar-refractivity contribution is 6.04. The predicted molar refractivity (Wildman–Crippen MR) is 124 cm³/mol. The Morgan fingerprint density at radius 1 is 0.871 bits per heavy atom. The van der Waals surface area contributed by atoms with E-state index < -0.39 is 0 Å². The van der Waals surface area contributed by atoms with Gasteiger partial charge in [0.25, 0.3) is 5.91 Å². The summed E-state index contributed by atoms with van der Waals surface area (Å²) in [6.45, 7) is 2.18. The third-order valence-corrected chi connectivity index (χ3v) is 5.44. The summed E-state index contributed by atoms with van der Waals surface area (Å²) in [5.74, 6) is -0.322. The van der Waals surface area contributed by atoms with Crippen molar-refractivity contribution in [3.63, 3.8) is 0 Å². The molecule has 5 nitrogen and oxygen atoms in total. The standard InChI is InChI=1S/C26H27N3O2/c1-18(19-11-13-21(14-12-19)20-7-3-2-4-8-20)27-17-25(30)29-24-10-6-5-9-23(24)26(31)28-22-15-16-22/h2-14,18,22,27H,15-17H2,1H3,(H,28,31)(H,29,30)/t18-/m0/s1. The van der Waals surface area contributed by atoms with E-state index in [4.69, 9.17) is 0 Å². The van der Waals surface area contributed by atoms with Gasteiger partial charge in [-0.2, -0.15) is 0 Å². The Morgan fingerprint density at radius 3 is 2.23 bits per heavy atom. The number of nitrogens with one attached hydrogen (secondary N) is 3. The zero-order valence-corrected chi connectivity index (χ0v) is 17.6. The average Bonchev–Trinajstić information content (AvgIpc) is 3.62. The number of carbonyl (C=O) groups excluding carboxylic acids is 2. The summed E-state index contributed by atoms with van der Waals surface area (Å²) in [4.78, 5) is 24.9. The molecule has 1 atom stereocenters. The molecule has 2 amide bonds. The molecule has 1 aliphatic rings. The zero-order valence-electron chi connectivity index (χ0n) is 17.6. The first-order valence-corrected chi connectivity index (χ1v) is 10.7. The number of hydrogen-bond acceptors (Lipinski definition) is 3. The zero-order chi connectivity index (χ0) is 21.6. The van der Waals surface area contributed by atoms with E-state index in [9.17, 15) is 9.59 Å². The summed E-state index contributed by atoms with van der Waals surface area (Å²) >= 11 is 0. The van der Waals surface area contributed by atoms with E-state index in [0.717, 1.165) is 24.0 Å². The normalized spacial score (nSPS) is 14.0. The molecule has 0 aliphatic heterocycles. The van der Waals surface area contributed by atoms with Crippen LogP contribution in [0.3, 0.4) is 0 Å². The van der Waals surface area contributed by atoms with Gasteiger partial charge < -0.3 is 16.0 Å². The summed E-state index contributed by atoms with van der Waals surface area (Å²) < 4.78 is 0. The van der Waals surface area contributed by atoms with Crippen LogP contribution in [-0.2, 0) is 4.79 Å². The smallest absolute Gasteiger partial charge is 0.253 e. The second kappa shape index (κ2) is 9.58. The molecular weight excluding hydrogens is 386 g/mol. The summed E-state index contributed by atoms with van der Waals surface area (Å²) in [7, 11) is 0. The number of hydrogen-bond donors (Lipinski definition) is 3. The van der Waals surface area contributed by atoms with Crippen molar-refractivity contribution in [3.05, 3.63) is 90.0 Å². The summed E-state index contributed by atoms with van der Waals surface area (Å²) in [5.41, 5.74) is 4.48. The van der Waals surface area contributed by atoms with Crippen molar-refractivity contribution in [1.29, 1.82) is 0 Å². The number of carbonyl (C=O) groups is 2. The largest absolute Gasteiger partial charge is 0.349 e. The highest BCUT2D eigenvalue weighted by atomic mass is 16.2. The van der Waals surface area contributed by atoms with Crippen LogP contribution in [0.25, 0.3) is 11.1 Å². The minimum Gasteiger partial charge on any atom is -0.349 e. The van der Waals surface area contributed by atoms with E-state index in [1.54, 1.807) is 18.2 Å².